The predicted octanol–water partition coefficient (Wildman–Crippen LogP) is 10.7. The molecule has 3 saturated carbocycles. The number of guanidine groups is 1. The molecule has 6 aliphatic rings. The number of nitrogens with one attached hydrogen (secondary N) is 1. The van der Waals surface area contributed by atoms with E-state index >= 15 is 0 Å². The molecule has 0 aromatic heterocycles. The summed E-state index contributed by atoms with van der Waals surface area (Å²) >= 11 is 0. The molecule has 0 spiro atoms. The maximum absolute atomic E-state index is 13.6. The van der Waals surface area contributed by atoms with Gasteiger partial charge in [0.15, 0.2) is 23.2 Å². The molecule has 7 atom stereocenters. The lowest BCUT2D eigenvalue weighted by Crippen LogP contribution is -2.45. The quantitative estimate of drug-likeness (QED) is 0.0859. The van der Waals surface area contributed by atoms with E-state index in [1.54, 1.807) is 13.2 Å². The highest BCUT2D eigenvalue weighted by molar-refractivity contribution is 5.89. The van der Waals surface area contributed by atoms with Gasteiger partial charge in [-0.1, -0.05) is 92.5 Å². The standard InChI is InChI=1S/C56H69N3O5/c1-35-23-48-41-27-39(28-45(61)30-41)26-37-14-9-15-38(25-37)33-58-56(57)59-43-16-10-20-47-40(21-22-44(60)17-6-5-13-36-11-3-4-12-36)32-52(64-46-18-7-8-19-46)55(62)54(47)53-50(24-35)49(48)31-42(29-43)51(53)34-63-2/h6,9,14-15,17,25,27-28,30-32,35-36,42-43,46,48,50-51,53,61-62H,3-5,7-8,11-13,16,18-19,21-24,26,29,33-34H2,1-2H3,(H3,57,58,59). The smallest absolute Gasteiger partial charge is 0.189 e. The van der Waals surface area contributed by atoms with Crippen molar-refractivity contribution < 1.29 is 24.5 Å². The van der Waals surface area contributed by atoms with Crippen LogP contribution in [-0.2, 0) is 28.9 Å². The molecule has 3 aromatic carbocycles. The molecule has 5 N–H and O–H groups in total. The molecule has 0 amide bonds. The Morgan fingerprint density at radius 2 is 1.80 bits per heavy atom. The number of phenols is 2. The van der Waals surface area contributed by atoms with Crippen LogP contribution in [0.2, 0.25) is 0 Å². The molecule has 9 rings (SSSR count). The Morgan fingerprint density at radius 1 is 0.984 bits per heavy atom. The number of rotatable bonds is 11. The number of allylic oxidation sites excluding steroid dienone is 4. The third-order valence-electron chi connectivity index (χ3n) is 15.5. The number of ether oxygens (including phenoxy) is 2. The molecular weight excluding hydrogens is 795 g/mol. The van der Waals surface area contributed by atoms with Gasteiger partial charge in [0.2, 0.25) is 0 Å². The second-order valence-corrected chi connectivity index (χ2v) is 20.2. The Labute approximate surface area is 381 Å². The highest BCUT2D eigenvalue weighted by atomic mass is 16.5. The number of carbonyl (C=O) groups is 1. The molecule has 0 saturated heterocycles. The average Bonchev–Trinajstić information content (AvgIpc) is 4.00. The monoisotopic (exact) mass is 864 g/mol. The number of ketones is 1. The summed E-state index contributed by atoms with van der Waals surface area (Å²) in [5.41, 5.74) is 15.2. The van der Waals surface area contributed by atoms with Crippen LogP contribution in [0.1, 0.15) is 154 Å². The van der Waals surface area contributed by atoms with Crippen molar-refractivity contribution in [3.05, 3.63) is 111 Å². The van der Waals surface area contributed by atoms with Crippen LogP contribution in [0, 0.1) is 41.4 Å². The maximum atomic E-state index is 13.6. The summed E-state index contributed by atoms with van der Waals surface area (Å²) in [5, 5.41) is 27.8. The number of fused-ring (bicyclic) bond motifs is 10. The minimum Gasteiger partial charge on any atom is -0.508 e. The summed E-state index contributed by atoms with van der Waals surface area (Å²) in [4.78, 5) is 18.4. The minimum atomic E-state index is -0.151. The summed E-state index contributed by atoms with van der Waals surface area (Å²) < 4.78 is 13.0. The number of nitrogens with two attached hydrogens (primary N) is 1. The van der Waals surface area contributed by atoms with Crippen LogP contribution < -0.4 is 15.8 Å². The molecule has 0 radical (unpaired) electrons. The van der Waals surface area contributed by atoms with Gasteiger partial charge in [-0.2, -0.15) is 0 Å². The molecule has 8 nitrogen and oxygen atoms in total. The Kier molecular flexibility index (Phi) is 13.8. The van der Waals surface area contributed by atoms with E-state index in [9.17, 15) is 15.0 Å². The van der Waals surface area contributed by atoms with Gasteiger partial charge in [0.05, 0.1) is 19.3 Å². The Morgan fingerprint density at radius 3 is 2.62 bits per heavy atom. The van der Waals surface area contributed by atoms with Crippen molar-refractivity contribution in [3.63, 3.8) is 0 Å². The third kappa shape index (κ3) is 10.1. The van der Waals surface area contributed by atoms with Crippen molar-refractivity contribution in [2.75, 3.05) is 13.7 Å². The second-order valence-electron chi connectivity index (χ2n) is 20.2. The molecule has 1 aliphatic heterocycles. The largest absolute Gasteiger partial charge is 0.508 e. The van der Waals surface area contributed by atoms with E-state index in [-0.39, 0.29) is 59.0 Å². The number of aryl methyl sites for hydroxylation is 1. The van der Waals surface area contributed by atoms with Crippen molar-refractivity contribution in [2.24, 2.45) is 40.3 Å². The summed E-state index contributed by atoms with van der Waals surface area (Å²) in [6.45, 7) is 3.29. The number of carbonyl (C=O) groups excluding carboxylic acids is 1. The normalized spacial score (nSPS) is 26.9. The number of aromatic hydroxyl groups is 2. The third-order valence-corrected chi connectivity index (χ3v) is 15.5. The zero-order valence-electron chi connectivity index (χ0n) is 38.1. The fourth-order valence-corrected chi connectivity index (χ4v) is 12.5. The molecule has 1 heterocycles. The van der Waals surface area contributed by atoms with E-state index in [4.69, 9.17) is 20.2 Å². The molecule has 8 heteroatoms. The Balaban J connectivity index is 1.18. The van der Waals surface area contributed by atoms with Crippen LogP contribution in [0.25, 0.3) is 0 Å². The van der Waals surface area contributed by atoms with Crippen LogP contribution in [0.5, 0.6) is 17.2 Å². The van der Waals surface area contributed by atoms with E-state index in [0.717, 1.165) is 103 Å². The molecular formula is C56H69N3O5. The summed E-state index contributed by atoms with van der Waals surface area (Å²) in [6, 6.07) is 16.6. The first-order chi connectivity index (χ1) is 31.2. The van der Waals surface area contributed by atoms with Gasteiger partial charge in [-0.3, -0.25) is 4.79 Å². The molecule has 5 aliphatic carbocycles. The summed E-state index contributed by atoms with van der Waals surface area (Å²) in [7, 11) is 1.79. The SMILES string of the molecule is COCC1C2C=C3C4CC(C)CC3C1c1c(O)c(OC3CCCC3)cc(CCC(=O)C=CCCC3CCCC3)c1C#CCC(C2)NC(N)=NCc1cccc(c1)Cc1cc(O)cc4c1. The average molecular weight is 864 g/mol. The van der Waals surface area contributed by atoms with E-state index in [1.165, 1.54) is 31.3 Å². The first kappa shape index (κ1) is 44.2. The van der Waals surface area contributed by atoms with Gasteiger partial charge in [-0.05, 0) is 152 Å². The van der Waals surface area contributed by atoms with Crippen LogP contribution in [0.4, 0.5) is 0 Å². The van der Waals surface area contributed by atoms with Gasteiger partial charge >= 0.3 is 0 Å². The molecule has 3 aromatic rings. The Hall–Kier alpha value is -5.00. The van der Waals surface area contributed by atoms with Crippen LogP contribution in [0.3, 0.4) is 0 Å². The lowest BCUT2D eigenvalue weighted by molar-refractivity contribution is -0.114. The molecule has 8 bridgehead atoms. The number of benzene rings is 3. The van der Waals surface area contributed by atoms with E-state index in [1.807, 2.05) is 18.2 Å². The fraction of sp³-hybridized carbons (Fsp3) is 0.536. The lowest BCUT2D eigenvalue weighted by Gasteiger charge is -2.50. The van der Waals surface area contributed by atoms with Gasteiger partial charge in [0.25, 0.3) is 0 Å². The summed E-state index contributed by atoms with van der Waals surface area (Å²) in [6.07, 6.45) is 22.7. The number of nitrogens with zero attached hydrogens (tertiary/aromatic N) is 1. The number of hydrogen-bond donors (Lipinski definition) is 4. The first-order valence-electron chi connectivity index (χ1n) is 24.6. The van der Waals surface area contributed by atoms with E-state index in [0.29, 0.717) is 56.5 Å². The topological polar surface area (TPSA) is 126 Å². The highest BCUT2D eigenvalue weighted by Crippen LogP contribution is 2.59. The van der Waals surface area contributed by atoms with Crippen LogP contribution in [0.15, 0.2) is 77.3 Å². The second kappa shape index (κ2) is 20.0. The first-order valence-corrected chi connectivity index (χ1v) is 24.6. The van der Waals surface area contributed by atoms with Crippen LogP contribution >= 0.6 is 0 Å². The van der Waals surface area contributed by atoms with Gasteiger partial charge in [0, 0.05) is 49.0 Å². The zero-order chi connectivity index (χ0) is 44.2. The number of hydrogen-bond acceptors (Lipinski definition) is 8. The zero-order valence-corrected chi connectivity index (χ0v) is 38.1. The summed E-state index contributed by atoms with van der Waals surface area (Å²) in [5.74, 6) is 9.92. The number of aliphatic imine (C=N–C) groups is 1. The molecule has 338 valence electrons. The van der Waals surface area contributed by atoms with Gasteiger partial charge < -0.3 is 30.7 Å². The van der Waals surface area contributed by atoms with E-state index in [2.05, 4.69) is 66.6 Å². The van der Waals surface area contributed by atoms with Crippen molar-refractivity contribution in [2.45, 2.75) is 147 Å². The van der Waals surface area contributed by atoms with Crippen molar-refractivity contribution in [1.29, 1.82) is 0 Å². The minimum absolute atomic E-state index is 0.000903. The number of methoxy groups -OCH3 is 1. The maximum Gasteiger partial charge on any atom is 0.189 e. The van der Waals surface area contributed by atoms with Gasteiger partial charge in [0.1, 0.15) is 5.75 Å². The van der Waals surface area contributed by atoms with Crippen molar-refractivity contribution >= 4 is 11.7 Å². The lowest BCUT2D eigenvalue weighted by atomic mass is 9.55. The predicted molar refractivity (Wildman–Crippen MR) is 255 cm³/mol. The van der Waals surface area contributed by atoms with E-state index < -0.39 is 0 Å². The number of phenolic OH excluding ortho intramolecular Hbond substituents is 2. The van der Waals surface area contributed by atoms with Crippen LogP contribution in [-0.4, -0.2) is 47.8 Å². The molecule has 7 unspecified atom stereocenters. The molecule has 64 heavy (non-hydrogen) atoms. The van der Waals surface area contributed by atoms with Crippen molar-refractivity contribution in [3.8, 4) is 29.1 Å². The van der Waals surface area contributed by atoms with Gasteiger partial charge in [-0.25, -0.2) is 4.99 Å². The fourth-order valence-electron chi connectivity index (χ4n) is 12.5. The molecule has 3 fully saturated rings. The van der Waals surface area contributed by atoms with Crippen molar-refractivity contribution in [1.82, 2.24) is 5.32 Å². The Bertz CT molecular complexity index is 2320. The van der Waals surface area contributed by atoms with Gasteiger partial charge in [-0.15, -0.1) is 0 Å². The highest BCUT2D eigenvalue weighted by Gasteiger charge is 2.48.